The van der Waals surface area contributed by atoms with Gasteiger partial charge < -0.3 is 29.2 Å². The van der Waals surface area contributed by atoms with Crippen molar-refractivity contribution in [1.29, 1.82) is 0 Å². The minimum absolute atomic E-state index is 0.0476. The molecule has 7 rings (SSSR count). The highest BCUT2D eigenvalue weighted by molar-refractivity contribution is 9.10. The van der Waals surface area contributed by atoms with E-state index >= 15 is 0 Å². The van der Waals surface area contributed by atoms with Crippen LogP contribution < -0.4 is 25.7 Å². The number of aromatic nitrogens is 2. The summed E-state index contributed by atoms with van der Waals surface area (Å²) in [4.78, 5) is 71.4. The van der Waals surface area contributed by atoms with Gasteiger partial charge in [0, 0.05) is 37.1 Å². The van der Waals surface area contributed by atoms with Gasteiger partial charge >= 0.3 is 0 Å². The van der Waals surface area contributed by atoms with Gasteiger partial charge in [-0.3, -0.25) is 38.6 Å². The minimum Gasteiger partial charge on any atom is -0.491 e. The first-order valence-electron chi connectivity index (χ1n) is 17.6. The number of anilines is 1. The third-order valence-corrected chi connectivity index (χ3v) is 11.0. The Labute approximate surface area is 322 Å². The molecule has 2 saturated heterocycles. The van der Waals surface area contributed by atoms with Gasteiger partial charge in [-0.25, -0.2) is 4.98 Å². The first kappa shape index (κ1) is 37.6. The number of carbonyl (C=O) groups excluding carboxylic acids is 4. The number of hydrogen-bond donors (Lipinski definition) is 2. The quantitative estimate of drug-likeness (QED) is 0.133. The van der Waals surface area contributed by atoms with Crippen LogP contribution in [0.25, 0.3) is 4.96 Å². The number of thiazole rings is 1. The third kappa shape index (κ3) is 8.19. The number of hydrogen-bond acceptors (Lipinski definition) is 13. The number of nitrogens with zero attached hydrogens (tertiary/aromatic N) is 4. The van der Waals surface area contributed by atoms with E-state index in [0.29, 0.717) is 41.7 Å². The van der Waals surface area contributed by atoms with Gasteiger partial charge in [0.25, 0.3) is 17.4 Å². The molecular weight excluding hydrogens is 784 g/mol. The maximum absolute atomic E-state index is 13.2. The summed E-state index contributed by atoms with van der Waals surface area (Å²) in [7, 11) is 2.09. The molecule has 54 heavy (non-hydrogen) atoms. The minimum atomic E-state index is -1.04. The molecule has 2 fully saturated rings. The Balaban J connectivity index is 0.811. The predicted octanol–water partition coefficient (Wildman–Crippen LogP) is 3.31. The van der Waals surface area contributed by atoms with Crippen LogP contribution in [0.3, 0.4) is 0 Å². The van der Waals surface area contributed by atoms with E-state index in [1.807, 2.05) is 17.5 Å². The molecule has 2 aromatic carbocycles. The van der Waals surface area contributed by atoms with Crippen molar-refractivity contribution in [3.8, 4) is 11.5 Å². The molecule has 0 aliphatic carbocycles. The first-order valence-corrected chi connectivity index (χ1v) is 19.3. The lowest BCUT2D eigenvalue weighted by Crippen LogP contribution is -2.54. The molecule has 3 unspecified atom stereocenters. The number of rotatable bonds is 15. The Morgan fingerprint density at radius 3 is 2.50 bits per heavy atom. The van der Waals surface area contributed by atoms with Gasteiger partial charge in [-0.15, -0.1) is 11.3 Å². The van der Waals surface area contributed by atoms with E-state index in [9.17, 15) is 24.0 Å². The van der Waals surface area contributed by atoms with E-state index in [0.717, 1.165) is 30.2 Å². The summed E-state index contributed by atoms with van der Waals surface area (Å²) in [6, 6.07) is 11.9. The number of fused-ring (bicyclic) bond motifs is 2. The summed E-state index contributed by atoms with van der Waals surface area (Å²) in [5.74, 6) is -0.504. The van der Waals surface area contributed by atoms with Crippen molar-refractivity contribution in [2.24, 2.45) is 0 Å². The number of amides is 4. The van der Waals surface area contributed by atoms with Gasteiger partial charge in [0.2, 0.25) is 11.8 Å². The molecule has 3 atom stereocenters. The summed E-state index contributed by atoms with van der Waals surface area (Å²) >= 11 is 4.86. The van der Waals surface area contributed by atoms with E-state index in [1.54, 1.807) is 18.3 Å². The number of ether oxygens (including phenoxy) is 4. The van der Waals surface area contributed by atoms with Crippen molar-refractivity contribution in [3.05, 3.63) is 85.6 Å². The Kier molecular flexibility index (Phi) is 11.7. The summed E-state index contributed by atoms with van der Waals surface area (Å²) in [5, 5.41) is 7.54. The molecule has 3 aliphatic rings. The third-order valence-electron chi connectivity index (χ3n) is 9.50. The maximum atomic E-state index is 13.2. The highest BCUT2D eigenvalue weighted by Gasteiger charge is 2.46. The molecule has 17 heteroatoms. The molecule has 0 saturated carbocycles. The highest BCUT2D eigenvalue weighted by atomic mass is 79.9. The predicted molar refractivity (Wildman–Crippen MR) is 201 cm³/mol. The van der Waals surface area contributed by atoms with Crippen LogP contribution in [0.15, 0.2) is 63.3 Å². The fourth-order valence-corrected chi connectivity index (χ4v) is 8.13. The van der Waals surface area contributed by atoms with Gasteiger partial charge in [-0.05, 0) is 71.6 Å². The normalized spacial score (nSPS) is 20.3. The number of benzene rings is 2. The van der Waals surface area contributed by atoms with Gasteiger partial charge in [0.05, 0.1) is 37.6 Å². The van der Waals surface area contributed by atoms with Crippen LogP contribution in [0.1, 0.15) is 51.5 Å². The largest absolute Gasteiger partial charge is 0.491 e. The van der Waals surface area contributed by atoms with Crippen molar-refractivity contribution < 1.29 is 38.1 Å². The monoisotopic (exact) mass is 822 g/mol. The van der Waals surface area contributed by atoms with Crippen LogP contribution >= 0.6 is 27.3 Å². The highest BCUT2D eigenvalue weighted by Crippen LogP contribution is 2.34. The number of likely N-dealkylation sites (N-methyl/N-ethyl adjacent to an activating group) is 1. The lowest BCUT2D eigenvalue weighted by Gasteiger charge is -2.36. The van der Waals surface area contributed by atoms with Gasteiger partial charge in [0.1, 0.15) is 41.0 Å². The maximum Gasteiger partial charge on any atom is 0.275 e. The number of carbonyl (C=O) groups is 4. The standard InChI is InChI=1S/C37H39BrN6O9S/c1-42-20-23(18-24(21-42)39-32-31(38)36(49)43-10-17-54-37(43)41-32)22-4-2-5-25(19-22)52-15-13-50-11-12-51-14-16-53-28-7-3-6-26-30(28)35(48)44(34(26)47)27-8-9-29(45)40-33(27)46/h2-7,10,17,19,23-24,27,39H,8-9,11-16,18,20-21H2,1H3,(H,40,45,46). The molecule has 2 aromatic heterocycles. The smallest absolute Gasteiger partial charge is 0.275 e. The summed E-state index contributed by atoms with van der Waals surface area (Å²) < 4.78 is 25.1. The fraction of sp³-hybridized carbons (Fsp3) is 0.405. The van der Waals surface area contributed by atoms with Gasteiger partial charge in [-0.1, -0.05) is 18.2 Å². The van der Waals surface area contributed by atoms with Crippen LogP contribution in [0, 0.1) is 0 Å². The van der Waals surface area contributed by atoms with Crippen LogP contribution in [-0.4, -0.2) is 115 Å². The number of nitrogens with one attached hydrogen (secondary N) is 2. The molecular formula is C37H39BrN6O9S. The van der Waals surface area contributed by atoms with E-state index in [-0.39, 0.29) is 60.5 Å². The number of halogens is 1. The van der Waals surface area contributed by atoms with E-state index in [2.05, 4.69) is 55.6 Å². The Bertz CT molecular complexity index is 2120. The molecule has 284 valence electrons. The Morgan fingerprint density at radius 2 is 1.70 bits per heavy atom. The molecule has 0 spiro atoms. The summed E-state index contributed by atoms with van der Waals surface area (Å²) in [6.07, 6.45) is 2.72. The Morgan fingerprint density at radius 1 is 0.944 bits per heavy atom. The second kappa shape index (κ2) is 16.8. The summed E-state index contributed by atoms with van der Waals surface area (Å²) in [6.45, 7) is 3.46. The molecule has 0 radical (unpaired) electrons. The number of imide groups is 2. The van der Waals surface area contributed by atoms with Gasteiger partial charge in [-0.2, -0.15) is 0 Å². The fourth-order valence-electron chi connectivity index (χ4n) is 7.03. The van der Waals surface area contributed by atoms with E-state index < -0.39 is 29.7 Å². The second-order valence-corrected chi connectivity index (χ2v) is 14.9. The van der Waals surface area contributed by atoms with Crippen molar-refractivity contribution in [3.63, 3.8) is 0 Å². The molecule has 5 heterocycles. The van der Waals surface area contributed by atoms with Crippen LogP contribution in [0.5, 0.6) is 11.5 Å². The zero-order chi connectivity index (χ0) is 37.8. The van der Waals surface area contributed by atoms with Crippen LogP contribution in [0.2, 0.25) is 0 Å². The average molecular weight is 824 g/mol. The van der Waals surface area contributed by atoms with Crippen molar-refractivity contribution >= 4 is 61.7 Å². The molecule has 3 aliphatic heterocycles. The average Bonchev–Trinajstić information content (AvgIpc) is 3.73. The lowest BCUT2D eigenvalue weighted by atomic mass is 9.88. The molecule has 15 nitrogen and oxygen atoms in total. The molecule has 2 N–H and O–H groups in total. The summed E-state index contributed by atoms with van der Waals surface area (Å²) in [5.41, 5.74) is 1.29. The van der Waals surface area contributed by atoms with Crippen LogP contribution in [0.4, 0.5) is 5.82 Å². The SMILES string of the molecule is CN1CC(Nc2nc3sccn3c(=O)c2Br)CC(c2cccc(OCCOCCOCCOc3cccc4c3C(=O)N(C3CCC(=O)NC3=O)C4=O)c2)C1. The van der Waals surface area contributed by atoms with E-state index in [4.69, 9.17) is 18.9 Å². The topological polar surface area (TPSA) is 170 Å². The first-order chi connectivity index (χ1) is 26.2. The number of piperidine rings is 2. The van der Waals surface area contributed by atoms with Crippen molar-refractivity contribution in [2.75, 3.05) is 65.1 Å². The Hall–Kier alpha value is -4.68. The lowest BCUT2D eigenvalue weighted by molar-refractivity contribution is -0.136. The zero-order valence-electron chi connectivity index (χ0n) is 29.5. The number of likely N-dealkylation sites (tertiary alicyclic amines) is 1. The molecule has 0 bridgehead atoms. The molecule has 4 aromatic rings. The van der Waals surface area contributed by atoms with Crippen molar-refractivity contribution in [2.45, 2.75) is 37.3 Å². The molecule has 4 amide bonds. The second-order valence-electron chi connectivity index (χ2n) is 13.3. The van der Waals surface area contributed by atoms with E-state index in [1.165, 1.54) is 27.4 Å². The van der Waals surface area contributed by atoms with Crippen molar-refractivity contribution in [1.82, 2.24) is 24.5 Å². The van der Waals surface area contributed by atoms with Gasteiger partial charge in [0.15, 0.2) is 4.96 Å². The van der Waals surface area contributed by atoms with Crippen LogP contribution in [-0.2, 0) is 19.1 Å². The zero-order valence-corrected chi connectivity index (χ0v) is 31.9.